The van der Waals surface area contributed by atoms with Crippen LogP contribution in [0.2, 0.25) is 0 Å². The molecule has 208 valence electrons. The van der Waals surface area contributed by atoms with Gasteiger partial charge in [0, 0.05) is 31.7 Å². The first kappa shape index (κ1) is 26.2. The Labute approximate surface area is 232 Å². The molecule has 0 bridgehead atoms. The summed E-state index contributed by atoms with van der Waals surface area (Å²) in [6, 6.07) is 19.7. The Hall–Kier alpha value is -4.00. The number of ether oxygens (including phenoxy) is 2. The first-order valence-corrected chi connectivity index (χ1v) is 14.6. The number of sulfone groups is 1. The van der Waals surface area contributed by atoms with Gasteiger partial charge in [0.25, 0.3) is 0 Å². The fraction of sp³-hybridized carbons (Fsp3) is 0.321. The Bertz CT molecular complexity index is 1600. The molecule has 1 fully saturated rings. The summed E-state index contributed by atoms with van der Waals surface area (Å²) >= 11 is 0. The molecule has 2 aliphatic rings. The van der Waals surface area contributed by atoms with Gasteiger partial charge in [0.1, 0.15) is 5.75 Å². The summed E-state index contributed by atoms with van der Waals surface area (Å²) in [5.74, 6) is 1.24. The Morgan fingerprint density at radius 1 is 0.975 bits per heavy atom. The highest BCUT2D eigenvalue weighted by Gasteiger charge is 2.35. The number of benzene rings is 3. The molecule has 12 heteroatoms. The molecule has 1 aromatic heterocycles. The van der Waals surface area contributed by atoms with E-state index < -0.39 is 15.9 Å². The fourth-order valence-corrected chi connectivity index (χ4v) is 6.72. The molecule has 1 N–H and O–H groups in total. The molecule has 0 spiro atoms. The van der Waals surface area contributed by atoms with Gasteiger partial charge in [-0.25, -0.2) is 8.42 Å². The summed E-state index contributed by atoms with van der Waals surface area (Å²) in [6.07, 6.45) is 0.00552. The van der Waals surface area contributed by atoms with Crippen LogP contribution in [-0.4, -0.2) is 79.8 Å². The van der Waals surface area contributed by atoms with Gasteiger partial charge in [0.2, 0.25) is 9.84 Å². The quantitative estimate of drug-likeness (QED) is 0.343. The number of tetrazole rings is 1. The second-order valence-corrected chi connectivity index (χ2v) is 11.6. The number of hydrogen-bond donors (Lipinski definition) is 1. The standard InChI is InChI=1S/C28H30N6O5S/c1-38-23-10-6-20(7-11-23)34-30-28(29-31-34)13-9-22(35)19-33-24-4-2-3-5-26(24)40(36,37)27-12-8-21(18-25(27)33)32-14-16-39-17-15-32/h2-8,10-12,18,22,35H,9,13-17,19H2,1H3. The van der Waals surface area contributed by atoms with Crippen LogP contribution in [0.5, 0.6) is 5.75 Å². The van der Waals surface area contributed by atoms with E-state index in [0.717, 1.165) is 30.2 Å². The zero-order valence-corrected chi connectivity index (χ0v) is 22.9. The number of hydrogen-bond acceptors (Lipinski definition) is 10. The lowest BCUT2D eigenvalue weighted by Gasteiger charge is -2.36. The Morgan fingerprint density at radius 2 is 1.70 bits per heavy atom. The number of aliphatic hydroxyl groups excluding tert-OH is 1. The molecule has 6 rings (SSSR count). The van der Waals surface area contributed by atoms with E-state index in [1.165, 1.54) is 4.80 Å². The molecule has 2 aliphatic heterocycles. The van der Waals surface area contributed by atoms with E-state index in [1.807, 2.05) is 47.4 Å². The van der Waals surface area contributed by atoms with Crippen molar-refractivity contribution >= 4 is 26.9 Å². The van der Waals surface area contributed by atoms with Crippen LogP contribution < -0.4 is 14.5 Å². The van der Waals surface area contributed by atoms with Crippen LogP contribution in [0, 0.1) is 0 Å². The second-order valence-electron chi connectivity index (χ2n) is 9.72. The summed E-state index contributed by atoms with van der Waals surface area (Å²) in [4.78, 5) is 6.00. The molecule has 3 aromatic carbocycles. The van der Waals surface area contributed by atoms with Crippen LogP contribution >= 0.6 is 0 Å². The lowest BCUT2D eigenvalue weighted by molar-refractivity contribution is 0.122. The number of methoxy groups -OCH3 is 1. The molecule has 4 aromatic rings. The van der Waals surface area contributed by atoms with Crippen LogP contribution in [0.3, 0.4) is 0 Å². The predicted octanol–water partition coefficient (Wildman–Crippen LogP) is 2.79. The van der Waals surface area contributed by atoms with Crippen LogP contribution in [-0.2, 0) is 21.0 Å². The van der Waals surface area contributed by atoms with Gasteiger partial charge in [0.05, 0.1) is 53.3 Å². The minimum Gasteiger partial charge on any atom is -0.497 e. The molecule has 1 unspecified atom stereocenters. The first-order chi connectivity index (χ1) is 19.4. The summed E-state index contributed by atoms with van der Waals surface area (Å²) in [5.41, 5.74) is 2.79. The number of β-amino-alcohol motifs (C(OH)–C–C–N with tert-alkyl or cyclic N) is 1. The number of anilines is 3. The molecule has 3 heterocycles. The van der Waals surface area contributed by atoms with Crippen LogP contribution in [0.1, 0.15) is 12.2 Å². The minimum absolute atomic E-state index is 0.207. The highest BCUT2D eigenvalue weighted by Crippen LogP contribution is 2.45. The number of rotatable bonds is 8. The number of nitrogens with zero attached hydrogens (tertiary/aromatic N) is 6. The fourth-order valence-electron chi connectivity index (χ4n) is 5.08. The molecule has 1 atom stereocenters. The van der Waals surface area contributed by atoms with Crippen molar-refractivity contribution in [2.75, 3.05) is 49.8 Å². The van der Waals surface area contributed by atoms with Crippen molar-refractivity contribution in [3.05, 3.63) is 72.6 Å². The minimum atomic E-state index is -3.71. The number of para-hydroxylation sites is 1. The average Bonchev–Trinajstić information content (AvgIpc) is 3.48. The average molecular weight is 563 g/mol. The molecular formula is C28H30N6O5S. The maximum Gasteiger partial charge on any atom is 0.210 e. The van der Waals surface area contributed by atoms with Crippen molar-refractivity contribution in [1.29, 1.82) is 0 Å². The maximum absolute atomic E-state index is 13.5. The number of aryl methyl sites for hydroxylation is 1. The van der Waals surface area contributed by atoms with E-state index in [1.54, 1.807) is 31.4 Å². The van der Waals surface area contributed by atoms with Crippen LogP contribution in [0.15, 0.2) is 76.5 Å². The molecule has 0 radical (unpaired) electrons. The van der Waals surface area contributed by atoms with Gasteiger partial charge in [-0.2, -0.15) is 0 Å². The Balaban J connectivity index is 1.23. The molecular weight excluding hydrogens is 532 g/mol. The van der Waals surface area contributed by atoms with Crippen molar-refractivity contribution in [3.8, 4) is 11.4 Å². The number of aromatic nitrogens is 4. The van der Waals surface area contributed by atoms with Gasteiger partial charge in [-0.1, -0.05) is 12.1 Å². The zero-order valence-electron chi connectivity index (χ0n) is 22.0. The van der Waals surface area contributed by atoms with E-state index >= 15 is 0 Å². The smallest absolute Gasteiger partial charge is 0.210 e. The molecule has 0 amide bonds. The zero-order chi connectivity index (χ0) is 27.7. The Kier molecular flexibility index (Phi) is 7.13. The van der Waals surface area contributed by atoms with Gasteiger partial charge in [-0.15, -0.1) is 15.0 Å². The summed E-state index contributed by atoms with van der Waals surface area (Å²) < 4.78 is 37.7. The molecule has 0 saturated carbocycles. The lowest BCUT2D eigenvalue weighted by Crippen LogP contribution is -2.37. The summed E-state index contributed by atoms with van der Waals surface area (Å²) in [6.45, 7) is 2.91. The van der Waals surface area contributed by atoms with Gasteiger partial charge >= 0.3 is 0 Å². The van der Waals surface area contributed by atoms with Crippen molar-refractivity contribution in [2.45, 2.75) is 28.7 Å². The van der Waals surface area contributed by atoms with Gasteiger partial charge in [-0.05, 0) is 66.2 Å². The van der Waals surface area contributed by atoms with Crippen LogP contribution in [0.4, 0.5) is 17.1 Å². The summed E-state index contributed by atoms with van der Waals surface area (Å²) in [5, 5.41) is 23.8. The van der Waals surface area contributed by atoms with Crippen molar-refractivity contribution in [3.63, 3.8) is 0 Å². The number of morpholine rings is 1. The van der Waals surface area contributed by atoms with Crippen molar-refractivity contribution < 1.29 is 23.0 Å². The highest BCUT2D eigenvalue weighted by atomic mass is 32.2. The van der Waals surface area contributed by atoms with Gasteiger partial charge in [0.15, 0.2) is 5.82 Å². The van der Waals surface area contributed by atoms with E-state index in [0.29, 0.717) is 43.3 Å². The first-order valence-electron chi connectivity index (χ1n) is 13.1. The Morgan fingerprint density at radius 3 is 2.48 bits per heavy atom. The predicted molar refractivity (Wildman–Crippen MR) is 148 cm³/mol. The third-order valence-electron chi connectivity index (χ3n) is 7.20. The molecule has 11 nitrogen and oxygen atoms in total. The van der Waals surface area contributed by atoms with Crippen molar-refractivity contribution in [2.24, 2.45) is 0 Å². The topological polar surface area (TPSA) is 123 Å². The van der Waals surface area contributed by atoms with E-state index in [-0.39, 0.29) is 16.3 Å². The largest absolute Gasteiger partial charge is 0.497 e. The van der Waals surface area contributed by atoms with Gasteiger partial charge < -0.3 is 24.4 Å². The maximum atomic E-state index is 13.5. The van der Waals surface area contributed by atoms with E-state index in [2.05, 4.69) is 20.3 Å². The van der Waals surface area contributed by atoms with Crippen molar-refractivity contribution in [1.82, 2.24) is 20.2 Å². The third kappa shape index (κ3) is 5.01. The van der Waals surface area contributed by atoms with Gasteiger partial charge in [-0.3, -0.25) is 0 Å². The number of aliphatic hydroxyl groups is 1. The monoisotopic (exact) mass is 562 g/mol. The molecule has 1 saturated heterocycles. The van der Waals surface area contributed by atoms with E-state index in [9.17, 15) is 13.5 Å². The third-order valence-corrected chi connectivity index (χ3v) is 9.05. The SMILES string of the molecule is COc1ccc(-n2nnc(CCC(O)CN3c4ccccc4S(=O)(=O)c4ccc(N5CCOCC5)cc43)n2)cc1. The lowest BCUT2D eigenvalue weighted by atomic mass is 10.1. The molecule has 0 aliphatic carbocycles. The highest BCUT2D eigenvalue weighted by molar-refractivity contribution is 7.92. The second kappa shape index (κ2) is 10.9. The normalized spacial score (nSPS) is 16.8. The van der Waals surface area contributed by atoms with E-state index in [4.69, 9.17) is 9.47 Å². The molecule has 40 heavy (non-hydrogen) atoms. The van der Waals surface area contributed by atoms with Crippen LogP contribution in [0.25, 0.3) is 5.69 Å². The number of fused-ring (bicyclic) bond motifs is 2. The summed E-state index contributed by atoms with van der Waals surface area (Å²) in [7, 11) is -2.10.